The molecule has 8 heteroatoms. The van der Waals surface area contributed by atoms with Gasteiger partial charge in [0.1, 0.15) is 12.5 Å². The molecule has 0 saturated heterocycles. The maximum Gasteiger partial charge on any atom is 0.105 e. The van der Waals surface area contributed by atoms with E-state index in [1.165, 1.54) is 0 Å². The number of furan rings is 6. The molecule has 0 saturated carbocycles. The van der Waals surface area contributed by atoms with Crippen LogP contribution in [0.5, 0.6) is 0 Å². The lowest BCUT2D eigenvalue weighted by Gasteiger charge is -2.05. The Kier molecular flexibility index (Phi) is 4.62. The lowest BCUT2D eigenvalue weighted by Crippen LogP contribution is -1.84. The summed E-state index contributed by atoms with van der Waals surface area (Å²) >= 11 is 7.03. The van der Waals surface area contributed by atoms with Gasteiger partial charge in [-0.15, -0.1) is 0 Å². The lowest BCUT2D eigenvalue weighted by atomic mass is 9.93. The molecular weight excluding hydrogens is 544 g/mol. The van der Waals surface area contributed by atoms with Crippen LogP contribution >= 0.6 is 31.9 Å². The van der Waals surface area contributed by atoms with Crippen LogP contribution in [-0.4, -0.2) is 0 Å². The van der Waals surface area contributed by atoms with Gasteiger partial charge in [-0.25, -0.2) is 0 Å². The first-order valence-electron chi connectivity index (χ1n) is 9.42. The zero-order chi connectivity index (χ0) is 21.7. The van der Waals surface area contributed by atoms with E-state index in [1.807, 2.05) is 0 Å². The van der Waals surface area contributed by atoms with Crippen LogP contribution in [0.3, 0.4) is 0 Å². The molecule has 0 spiro atoms. The third kappa shape index (κ3) is 2.98. The predicted molar refractivity (Wildman–Crippen MR) is 123 cm³/mol. The summed E-state index contributed by atoms with van der Waals surface area (Å²) in [7, 11) is 0. The summed E-state index contributed by atoms with van der Waals surface area (Å²) < 4.78 is 34.7. The minimum Gasteiger partial charge on any atom is -0.471 e. The normalized spacial score (nSPS) is 11.4. The van der Waals surface area contributed by atoms with Crippen molar-refractivity contribution < 1.29 is 26.5 Å². The Hall–Kier alpha value is -3.36. The van der Waals surface area contributed by atoms with E-state index in [0.717, 1.165) is 64.6 Å². The standard InChI is InChI=1S/C24H12Br2O6/c25-23-11-31-9-21(23)19-7-29-5-17(19)15-3-27-1-13(15)14-2-28-4-16(14)18-6-30-8-20(18)22-10-32-12-24(22)26/h1-12H. The Morgan fingerprint density at radius 3 is 0.688 bits per heavy atom. The molecule has 0 aliphatic heterocycles. The Labute approximate surface area is 197 Å². The van der Waals surface area contributed by atoms with Crippen molar-refractivity contribution in [3.63, 3.8) is 0 Å². The highest BCUT2D eigenvalue weighted by Crippen LogP contribution is 2.46. The van der Waals surface area contributed by atoms with Crippen molar-refractivity contribution in [2.75, 3.05) is 0 Å². The van der Waals surface area contributed by atoms with Crippen LogP contribution in [-0.2, 0) is 0 Å². The second-order valence-corrected chi connectivity index (χ2v) is 8.77. The molecule has 0 amide bonds. The van der Waals surface area contributed by atoms with Gasteiger partial charge < -0.3 is 26.5 Å². The fourth-order valence-electron chi connectivity index (χ4n) is 3.80. The Balaban J connectivity index is 1.49. The highest BCUT2D eigenvalue weighted by atomic mass is 79.9. The van der Waals surface area contributed by atoms with E-state index in [4.69, 9.17) is 26.5 Å². The maximum absolute atomic E-state index is 5.63. The molecule has 0 fully saturated rings. The minimum atomic E-state index is 0.836. The average molecular weight is 556 g/mol. The summed E-state index contributed by atoms with van der Waals surface area (Å²) in [6.45, 7) is 0. The van der Waals surface area contributed by atoms with E-state index in [2.05, 4.69) is 31.9 Å². The molecule has 0 aliphatic carbocycles. The molecule has 0 aliphatic rings. The van der Waals surface area contributed by atoms with E-state index in [-0.39, 0.29) is 0 Å². The number of hydrogen-bond acceptors (Lipinski definition) is 6. The number of halogens is 2. The van der Waals surface area contributed by atoms with Crippen molar-refractivity contribution in [3.8, 4) is 55.6 Å². The first-order valence-corrected chi connectivity index (χ1v) is 11.0. The van der Waals surface area contributed by atoms with Crippen molar-refractivity contribution in [2.24, 2.45) is 0 Å². The van der Waals surface area contributed by atoms with Gasteiger partial charge in [-0.2, -0.15) is 0 Å². The predicted octanol–water partition coefficient (Wildman–Crippen LogP) is 9.10. The number of hydrogen-bond donors (Lipinski definition) is 0. The van der Waals surface area contributed by atoms with Gasteiger partial charge in [-0.1, -0.05) is 0 Å². The molecule has 0 aromatic carbocycles. The van der Waals surface area contributed by atoms with Gasteiger partial charge in [-0.3, -0.25) is 0 Å². The Morgan fingerprint density at radius 1 is 0.281 bits per heavy atom. The lowest BCUT2D eigenvalue weighted by molar-refractivity contribution is 0.563. The zero-order valence-electron chi connectivity index (χ0n) is 16.1. The summed E-state index contributed by atoms with van der Waals surface area (Å²) in [5.41, 5.74) is 8.70. The van der Waals surface area contributed by atoms with Gasteiger partial charge in [-0.05, 0) is 31.9 Å². The fraction of sp³-hybridized carbons (Fsp3) is 0. The van der Waals surface area contributed by atoms with E-state index < -0.39 is 0 Å². The smallest absolute Gasteiger partial charge is 0.105 e. The summed E-state index contributed by atoms with van der Waals surface area (Å²) in [6, 6.07) is 0. The van der Waals surface area contributed by atoms with Crippen LogP contribution in [0, 0.1) is 0 Å². The van der Waals surface area contributed by atoms with Crippen LogP contribution in [0.2, 0.25) is 0 Å². The third-order valence-electron chi connectivity index (χ3n) is 5.33. The van der Waals surface area contributed by atoms with E-state index in [9.17, 15) is 0 Å². The van der Waals surface area contributed by atoms with E-state index in [0.29, 0.717) is 0 Å². The van der Waals surface area contributed by atoms with E-state index in [1.54, 1.807) is 75.2 Å². The Bertz CT molecular complexity index is 1400. The molecule has 6 heterocycles. The number of rotatable bonds is 5. The molecule has 6 aromatic heterocycles. The van der Waals surface area contributed by atoms with Gasteiger partial charge in [0.2, 0.25) is 0 Å². The molecule has 0 atom stereocenters. The maximum atomic E-state index is 5.63. The molecular formula is C24H12Br2O6. The molecule has 0 bridgehead atoms. The van der Waals surface area contributed by atoms with E-state index >= 15 is 0 Å². The van der Waals surface area contributed by atoms with Crippen molar-refractivity contribution in [1.82, 2.24) is 0 Å². The van der Waals surface area contributed by atoms with Gasteiger partial charge in [0.05, 0.1) is 71.6 Å². The largest absolute Gasteiger partial charge is 0.471 e. The SMILES string of the molecule is Brc1cocc1-c1cocc1-c1cocc1-c1cocc1-c1cocc1-c1cocc1Br. The summed E-state index contributed by atoms with van der Waals surface area (Å²) in [5.74, 6) is 0. The van der Waals surface area contributed by atoms with Crippen LogP contribution in [0.15, 0.2) is 111 Å². The van der Waals surface area contributed by atoms with Gasteiger partial charge in [0, 0.05) is 55.6 Å². The van der Waals surface area contributed by atoms with Crippen molar-refractivity contribution in [2.45, 2.75) is 0 Å². The average Bonchev–Trinajstić information content (AvgIpc) is 3.60. The molecule has 158 valence electrons. The quantitative estimate of drug-likeness (QED) is 0.211. The Morgan fingerprint density at radius 2 is 0.469 bits per heavy atom. The summed E-state index contributed by atoms with van der Waals surface area (Å²) in [4.78, 5) is 0. The monoisotopic (exact) mass is 554 g/mol. The van der Waals surface area contributed by atoms with Crippen molar-refractivity contribution in [1.29, 1.82) is 0 Å². The van der Waals surface area contributed by atoms with Crippen LogP contribution in [0.25, 0.3) is 55.6 Å². The molecule has 0 radical (unpaired) electrons. The summed E-state index contributed by atoms with van der Waals surface area (Å²) in [5, 5.41) is 0. The molecule has 0 unspecified atom stereocenters. The topological polar surface area (TPSA) is 78.8 Å². The van der Waals surface area contributed by atoms with Gasteiger partial charge >= 0.3 is 0 Å². The molecule has 6 aromatic rings. The van der Waals surface area contributed by atoms with Gasteiger partial charge in [0.15, 0.2) is 0 Å². The molecule has 6 rings (SSSR count). The minimum absolute atomic E-state index is 0.836. The van der Waals surface area contributed by atoms with Crippen LogP contribution in [0.1, 0.15) is 0 Å². The highest BCUT2D eigenvalue weighted by Gasteiger charge is 2.24. The first-order chi connectivity index (χ1) is 15.7. The molecule has 6 nitrogen and oxygen atoms in total. The zero-order valence-corrected chi connectivity index (χ0v) is 19.3. The van der Waals surface area contributed by atoms with Crippen LogP contribution < -0.4 is 0 Å². The first kappa shape index (κ1) is 19.3. The van der Waals surface area contributed by atoms with Crippen LogP contribution in [0.4, 0.5) is 0 Å². The second-order valence-electron chi connectivity index (χ2n) is 7.06. The molecule has 32 heavy (non-hydrogen) atoms. The highest BCUT2D eigenvalue weighted by molar-refractivity contribution is 9.11. The second kappa shape index (κ2) is 7.65. The van der Waals surface area contributed by atoms with Gasteiger partial charge in [0.25, 0.3) is 0 Å². The summed E-state index contributed by atoms with van der Waals surface area (Å²) in [6.07, 6.45) is 20.1. The molecule has 0 N–H and O–H groups in total. The fourth-order valence-corrected chi connectivity index (χ4v) is 4.63. The van der Waals surface area contributed by atoms with Crippen molar-refractivity contribution >= 4 is 31.9 Å². The van der Waals surface area contributed by atoms with Crippen molar-refractivity contribution in [3.05, 3.63) is 84.1 Å². The third-order valence-corrected chi connectivity index (χ3v) is 6.56.